The molecule has 0 bridgehead atoms. The molecule has 0 unspecified atom stereocenters. The highest BCUT2D eigenvalue weighted by Gasteiger charge is 2.14. The Morgan fingerprint density at radius 2 is 1.92 bits per heavy atom. The summed E-state index contributed by atoms with van der Waals surface area (Å²) >= 11 is 0. The Hall–Kier alpha value is -2.24. The van der Waals surface area contributed by atoms with E-state index in [1.807, 2.05) is 10.8 Å². The van der Waals surface area contributed by atoms with E-state index in [4.69, 9.17) is 0 Å². The first-order valence-electron chi connectivity index (χ1n) is 8.88. The number of nitrogens with one attached hydrogen (secondary N) is 1. The number of hydrogen-bond donors (Lipinski definition) is 1. The number of carbonyl (C=O) groups is 1. The third-order valence-corrected chi connectivity index (χ3v) is 4.66. The largest absolute Gasteiger partial charge is 0.354 e. The lowest BCUT2D eigenvalue weighted by molar-refractivity contribution is -0.121. The van der Waals surface area contributed by atoms with Gasteiger partial charge in [-0.2, -0.15) is 0 Å². The van der Waals surface area contributed by atoms with Crippen molar-refractivity contribution in [3.63, 3.8) is 0 Å². The van der Waals surface area contributed by atoms with E-state index in [0.29, 0.717) is 25.3 Å². The maximum atomic E-state index is 12.0. The summed E-state index contributed by atoms with van der Waals surface area (Å²) in [4.78, 5) is 24.8. The average molecular weight is 327 g/mol. The fraction of sp³-hybridized carbons (Fsp3) is 0.556. The van der Waals surface area contributed by atoms with E-state index in [-0.39, 0.29) is 5.91 Å². The quantitative estimate of drug-likeness (QED) is 0.849. The van der Waals surface area contributed by atoms with Gasteiger partial charge in [0, 0.05) is 44.3 Å². The molecule has 0 aromatic carbocycles. The van der Waals surface area contributed by atoms with Crippen molar-refractivity contribution >= 4 is 5.91 Å². The summed E-state index contributed by atoms with van der Waals surface area (Å²) in [6, 6.07) is 1.78. The maximum Gasteiger partial charge on any atom is 0.220 e. The molecule has 0 saturated heterocycles. The third kappa shape index (κ3) is 4.63. The van der Waals surface area contributed by atoms with Crippen molar-refractivity contribution in [1.82, 2.24) is 24.8 Å². The molecular formula is C18H25N5O. The van der Waals surface area contributed by atoms with Gasteiger partial charge in [0.15, 0.2) is 11.6 Å². The first-order chi connectivity index (χ1) is 11.8. The second kappa shape index (κ2) is 8.57. The molecule has 1 aliphatic rings. The van der Waals surface area contributed by atoms with Gasteiger partial charge in [-0.3, -0.25) is 4.79 Å². The molecule has 0 radical (unpaired) electrons. The van der Waals surface area contributed by atoms with Gasteiger partial charge in [0.05, 0.1) is 0 Å². The molecule has 6 nitrogen and oxygen atoms in total. The van der Waals surface area contributed by atoms with Crippen LogP contribution >= 0.6 is 0 Å². The number of carbonyl (C=O) groups excluding carboxylic acids is 1. The van der Waals surface area contributed by atoms with Crippen molar-refractivity contribution in [3.8, 4) is 11.6 Å². The molecule has 1 saturated carbocycles. The minimum atomic E-state index is 0.151. The summed E-state index contributed by atoms with van der Waals surface area (Å²) in [6.45, 7) is 1.27. The van der Waals surface area contributed by atoms with Crippen molar-refractivity contribution in [2.45, 2.75) is 51.5 Å². The van der Waals surface area contributed by atoms with Crippen LogP contribution in [0.4, 0.5) is 0 Å². The molecular weight excluding hydrogens is 302 g/mol. The third-order valence-electron chi connectivity index (χ3n) is 4.66. The SMILES string of the molecule is O=C(CCC1CCCCC1)NCCn1ccnc1-c1ncccn1. The summed E-state index contributed by atoms with van der Waals surface area (Å²) in [5.41, 5.74) is 0. The first kappa shape index (κ1) is 16.6. The van der Waals surface area contributed by atoms with E-state index in [2.05, 4.69) is 20.3 Å². The summed E-state index contributed by atoms with van der Waals surface area (Å²) < 4.78 is 1.97. The predicted octanol–water partition coefficient (Wildman–Crippen LogP) is 2.82. The molecule has 128 valence electrons. The van der Waals surface area contributed by atoms with Crippen LogP contribution in [0.1, 0.15) is 44.9 Å². The molecule has 1 N–H and O–H groups in total. The number of aromatic nitrogens is 4. The Morgan fingerprint density at radius 3 is 2.71 bits per heavy atom. The number of hydrogen-bond acceptors (Lipinski definition) is 4. The van der Waals surface area contributed by atoms with Crippen molar-refractivity contribution < 1.29 is 4.79 Å². The van der Waals surface area contributed by atoms with Crippen molar-refractivity contribution in [3.05, 3.63) is 30.9 Å². The van der Waals surface area contributed by atoms with Crippen LogP contribution in [0.2, 0.25) is 0 Å². The van der Waals surface area contributed by atoms with Crippen molar-refractivity contribution in [2.24, 2.45) is 5.92 Å². The fourth-order valence-corrected chi connectivity index (χ4v) is 3.33. The molecule has 2 aromatic heterocycles. The van der Waals surface area contributed by atoms with Gasteiger partial charge in [0.25, 0.3) is 0 Å². The molecule has 1 fully saturated rings. The zero-order valence-corrected chi connectivity index (χ0v) is 14.0. The second-order valence-corrected chi connectivity index (χ2v) is 6.41. The van der Waals surface area contributed by atoms with E-state index in [1.165, 1.54) is 32.1 Å². The smallest absolute Gasteiger partial charge is 0.220 e. The van der Waals surface area contributed by atoms with E-state index in [1.54, 1.807) is 24.7 Å². The summed E-state index contributed by atoms with van der Waals surface area (Å²) in [6.07, 6.45) is 15.3. The number of rotatable bonds is 7. The van der Waals surface area contributed by atoms with Crippen LogP contribution in [0.15, 0.2) is 30.9 Å². The van der Waals surface area contributed by atoms with Crippen LogP contribution in [0.5, 0.6) is 0 Å². The lowest BCUT2D eigenvalue weighted by Gasteiger charge is -2.21. The Labute approximate surface area is 142 Å². The van der Waals surface area contributed by atoms with E-state index >= 15 is 0 Å². The summed E-state index contributed by atoms with van der Waals surface area (Å²) in [5, 5.41) is 3.01. The topological polar surface area (TPSA) is 72.7 Å². The van der Waals surface area contributed by atoms with Crippen LogP contribution in [0.3, 0.4) is 0 Å². The highest BCUT2D eigenvalue weighted by molar-refractivity contribution is 5.75. The van der Waals surface area contributed by atoms with E-state index in [0.717, 1.165) is 18.2 Å². The van der Waals surface area contributed by atoms with Crippen molar-refractivity contribution in [1.29, 1.82) is 0 Å². The van der Waals surface area contributed by atoms with Crippen LogP contribution in [-0.4, -0.2) is 32.0 Å². The molecule has 1 aliphatic carbocycles. The standard InChI is InChI=1S/C18H25N5O/c24-16(8-7-15-5-2-1-3-6-15)19-11-13-23-14-12-22-18(23)17-20-9-4-10-21-17/h4,9-10,12,14-15H,1-3,5-8,11,13H2,(H,19,24). The summed E-state index contributed by atoms with van der Waals surface area (Å²) in [7, 11) is 0. The van der Waals surface area contributed by atoms with Crippen LogP contribution in [0, 0.1) is 5.92 Å². The van der Waals surface area contributed by atoms with Crippen LogP contribution in [0.25, 0.3) is 11.6 Å². The Kier molecular flexibility index (Phi) is 5.93. The van der Waals surface area contributed by atoms with Crippen LogP contribution < -0.4 is 5.32 Å². The van der Waals surface area contributed by atoms with Gasteiger partial charge < -0.3 is 9.88 Å². The molecule has 2 aromatic rings. The van der Waals surface area contributed by atoms with Gasteiger partial charge in [0.1, 0.15) is 0 Å². The molecule has 6 heteroatoms. The van der Waals surface area contributed by atoms with E-state index in [9.17, 15) is 4.79 Å². The molecule has 24 heavy (non-hydrogen) atoms. The average Bonchev–Trinajstić information content (AvgIpc) is 3.10. The Balaban J connectivity index is 1.42. The van der Waals surface area contributed by atoms with Gasteiger partial charge in [-0.15, -0.1) is 0 Å². The highest BCUT2D eigenvalue weighted by atomic mass is 16.1. The summed E-state index contributed by atoms with van der Waals surface area (Å²) in [5.74, 6) is 2.23. The van der Waals surface area contributed by atoms with Crippen molar-refractivity contribution in [2.75, 3.05) is 6.54 Å². The lowest BCUT2D eigenvalue weighted by atomic mass is 9.86. The lowest BCUT2D eigenvalue weighted by Crippen LogP contribution is -2.27. The zero-order chi connectivity index (χ0) is 16.6. The van der Waals surface area contributed by atoms with Gasteiger partial charge in [-0.05, 0) is 18.4 Å². The molecule has 2 heterocycles. The van der Waals surface area contributed by atoms with Crippen LogP contribution in [-0.2, 0) is 11.3 Å². The van der Waals surface area contributed by atoms with Gasteiger partial charge >= 0.3 is 0 Å². The molecule has 0 atom stereocenters. The Bertz CT molecular complexity index is 634. The zero-order valence-electron chi connectivity index (χ0n) is 14.0. The molecule has 3 rings (SSSR count). The monoisotopic (exact) mass is 327 g/mol. The normalized spacial score (nSPS) is 15.3. The predicted molar refractivity (Wildman–Crippen MR) is 92.1 cm³/mol. The number of amides is 1. The highest BCUT2D eigenvalue weighted by Crippen LogP contribution is 2.27. The molecule has 1 amide bonds. The second-order valence-electron chi connectivity index (χ2n) is 6.41. The molecule has 0 aliphatic heterocycles. The van der Waals surface area contributed by atoms with Gasteiger partial charge in [-0.1, -0.05) is 32.1 Å². The first-order valence-corrected chi connectivity index (χ1v) is 8.88. The van der Waals surface area contributed by atoms with E-state index < -0.39 is 0 Å². The van der Waals surface area contributed by atoms with Gasteiger partial charge in [0.2, 0.25) is 5.91 Å². The molecule has 0 spiro atoms. The maximum absolute atomic E-state index is 12.0. The Morgan fingerprint density at radius 1 is 1.12 bits per heavy atom. The number of imidazole rings is 1. The number of nitrogens with zero attached hydrogens (tertiary/aromatic N) is 4. The minimum absolute atomic E-state index is 0.151. The van der Waals surface area contributed by atoms with Gasteiger partial charge in [-0.25, -0.2) is 15.0 Å². The fourth-order valence-electron chi connectivity index (χ4n) is 3.33. The minimum Gasteiger partial charge on any atom is -0.354 e.